The number of benzene rings is 2. The van der Waals surface area contributed by atoms with Crippen molar-refractivity contribution in [3.05, 3.63) is 84.1 Å². The van der Waals surface area contributed by atoms with Crippen molar-refractivity contribution < 1.29 is 27.8 Å². The van der Waals surface area contributed by atoms with Crippen LogP contribution < -0.4 is 0 Å². The minimum absolute atomic E-state index is 0.0355. The van der Waals surface area contributed by atoms with Crippen LogP contribution in [0.3, 0.4) is 0 Å². The molecule has 41 heavy (non-hydrogen) atoms. The Morgan fingerprint density at radius 1 is 0.951 bits per heavy atom. The molecular formula is C33H50O6Si2. The summed E-state index contributed by atoms with van der Waals surface area (Å²) in [4.78, 5) is 0. The summed E-state index contributed by atoms with van der Waals surface area (Å²) in [5, 5.41) is 0.0355. The highest BCUT2D eigenvalue weighted by Gasteiger charge is 2.54. The number of ether oxygens (including phenoxy) is 4. The van der Waals surface area contributed by atoms with Gasteiger partial charge in [0.25, 0.3) is 0 Å². The number of hydrogen-bond donors (Lipinski definition) is 0. The molecular weight excluding hydrogens is 549 g/mol. The zero-order valence-electron chi connectivity index (χ0n) is 26.4. The van der Waals surface area contributed by atoms with Gasteiger partial charge in [-0.25, -0.2) is 0 Å². The van der Waals surface area contributed by atoms with E-state index in [1.54, 1.807) is 0 Å². The van der Waals surface area contributed by atoms with Crippen molar-refractivity contribution in [3.8, 4) is 0 Å². The van der Waals surface area contributed by atoms with E-state index >= 15 is 0 Å². The van der Waals surface area contributed by atoms with Gasteiger partial charge in [0, 0.05) is 11.5 Å². The fourth-order valence-corrected chi connectivity index (χ4v) is 7.46. The predicted molar refractivity (Wildman–Crippen MR) is 168 cm³/mol. The number of hydrogen-bond acceptors (Lipinski definition) is 6. The van der Waals surface area contributed by atoms with E-state index in [0.717, 1.165) is 11.1 Å². The normalized spacial score (nSPS) is 28.0. The highest BCUT2D eigenvalue weighted by molar-refractivity contribution is 6.74. The second-order valence-corrected chi connectivity index (χ2v) is 23.1. The molecule has 0 unspecified atom stereocenters. The van der Waals surface area contributed by atoms with E-state index in [1.807, 2.05) is 48.5 Å². The van der Waals surface area contributed by atoms with Crippen LogP contribution in [0, 0.1) is 5.92 Å². The Labute approximate surface area is 249 Å². The molecule has 0 amide bonds. The van der Waals surface area contributed by atoms with Crippen LogP contribution in [0.4, 0.5) is 0 Å². The van der Waals surface area contributed by atoms with Gasteiger partial charge in [-0.2, -0.15) is 0 Å². The fourth-order valence-electron chi connectivity index (χ4n) is 5.17. The minimum atomic E-state index is -2.18. The molecule has 6 nitrogen and oxygen atoms in total. The highest BCUT2D eigenvalue weighted by Crippen LogP contribution is 2.44. The largest absolute Gasteiger partial charge is 0.546 e. The molecule has 2 aliphatic rings. The molecule has 226 valence electrons. The Balaban J connectivity index is 1.66. The smallest absolute Gasteiger partial charge is 0.241 e. The molecule has 2 fully saturated rings. The lowest BCUT2D eigenvalue weighted by atomic mass is 9.84. The van der Waals surface area contributed by atoms with Crippen LogP contribution in [0.2, 0.25) is 37.8 Å². The Bertz CT molecular complexity index is 1130. The molecule has 0 aromatic heterocycles. The van der Waals surface area contributed by atoms with Gasteiger partial charge >= 0.3 is 0 Å². The van der Waals surface area contributed by atoms with Gasteiger partial charge in [0.05, 0.1) is 25.4 Å². The van der Waals surface area contributed by atoms with Crippen LogP contribution in [0.25, 0.3) is 0 Å². The molecule has 0 N–H and O–H groups in total. The summed E-state index contributed by atoms with van der Waals surface area (Å²) in [6, 6.07) is 20.3. The molecule has 4 rings (SSSR count). The van der Waals surface area contributed by atoms with Crippen molar-refractivity contribution in [2.45, 2.75) is 109 Å². The topological polar surface area (TPSA) is 55.4 Å². The standard InChI is InChI=1S/C33H50O6Si2/c1-23-28(30(24(2)38-40(6,7)8)34-21-25-17-13-11-14-18-25)36-27-22-35-32(26-19-15-12-16-20-26)37-31(27)29(23)39-41(9,10)33(3,4)5/h11-20,23,27-32H,2,21-22H2,1,3-10H3/t23-,27+,28+,29+,30+,31+,32+/m0/s1. The molecule has 2 aliphatic heterocycles. The van der Waals surface area contributed by atoms with Gasteiger partial charge in [0.15, 0.2) is 14.6 Å². The average molecular weight is 599 g/mol. The molecule has 2 heterocycles. The highest BCUT2D eigenvalue weighted by atomic mass is 28.4. The van der Waals surface area contributed by atoms with E-state index in [1.165, 1.54) is 0 Å². The van der Waals surface area contributed by atoms with Crippen molar-refractivity contribution in [1.82, 2.24) is 0 Å². The second kappa shape index (κ2) is 12.8. The van der Waals surface area contributed by atoms with E-state index in [0.29, 0.717) is 19.0 Å². The number of fused-ring (bicyclic) bond motifs is 1. The first kappa shape index (κ1) is 32.1. The van der Waals surface area contributed by atoms with Gasteiger partial charge in [-0.05, 0) is 43.3 Å². The third-order valence-electron chi connectivity index (χ3n) is 8.39. The predicted octanol–water partition coefficient (Wildman–Crippen LogP) is 7.85. The van der Waals surface area contributed by atoms with Crippen molar-refractivity contribution in [3.63, 3.8) is 0 Å². The molecule has 2 aromatic carbocycles. The Morgan fingerprint density at radius 2 is 1.56 bits per heavy atom. The minimum Gasteiger partial charge on any atom is -0.546 e. The van der Waals surface area contributed by atoms with E-state index < -0.39 is 29.0 Å². The average Bonchev–Trinajstić information content (AvgIpc) is 2.90. The molecule has 7 atom stereocenters. The maximum atomic E-state index is 7.19. The lowest BCUT2D eigenvalue weighted by Gasteiger charge is -2.53. The quantitative estimate of drug-likeness (QED) is 0.205. The molecule has 8 heteroatoms. The lowest BCUT2D eigenvalue weighted by Crippen LogP contribution is -2.64. The van der Waals surface area contributed by atoms with Gasteiger partial charge in [-0.15, -0.1) is 0 Å². The van der Waals surface area contributed by atoms with Gasteiger partial charge in [-0.1, -0.05) is 94.9 Å². The van der Waals surface area contributed by atoms with Crippen molar-refractivity contribution in [2.75, 3.05) is 6.61 Å². The van der Waals surface area contributed by atoms with Crippen LogP contribution in [0.5, 0.6) is 0 Å². The monoisotopic (exact) mass is 598 g/mol. The fraction of sp³-hybridized carbons (Fsp3) is 0.576. The molecule has 2 aromatic rings. The SMILES string of the molecule is C=C(O[Si](C)(C)C)[C@@H](OCc1ccccc1)[C@@H]1O[C@@H]2CO[C@@H](c3ccccc3)O[C@H]2[C@H](O[Si](C)(C)C(C)(C)C)[C@H]1C. The Morgan fingerprint density at radius 3 is 2.15 bits per heavy atom. The first-order valence-corrected chi connectivity index (χ1v) is 21.2. The third-order valence-corrected chi connectivity index (χ3v) is 13.7. The zero-order valence-corrected chi connectivity index (χ0v) is 28.4. The molecule has 0 aliphatic carbocycles. The van der Waals surface area contributed by atoms with Gasteiger partial charge in [-0.3, -0.25) is 0 Å². The summed E-state index contributed by atoms with van der Waals surface area (Å²) in [6.07, 6.45) is -2.10. The van der Waals surface area contributed by atoms with E-state index in [9.17, 15) is 0 Å². The van der Waals surface area contributed by atoms with Crippen LogP contribution in [0.1, 0.15) is 45.1 Å². The summed E-state index contributed by atoms with van der Waals surface area (Å²) in [5.74, 6) is 0.559. The molecule has 0 spiro atoms. The Hall–Kier alpha value is -1.79. The lowest BCUT2D eigenvalue weighted by molar-refractivity contribution is -0.326. The van der Waals surface area contributed by atoms with E-state index in [4.69, 9.17) is 27.8 Å². The van der Waals surface area contributed by atoms with Gasteiger partial charge in [0.1, 0.15) is 24.1 Å². The second-order valence-electron chi connectivity index (χ2n) is 13.9. The van der Waals surface area contributed by atoms with Crippen LogP contribution >= 0.6 is 0 Å². The summed E-state index contributed by atoms with van der Waals surface area (Å²) in [5.41, 5.74) is 2.08. The van der Waals surface area contributed by atoms with E-state index in [-0.39, 0.29) is 35.4 Å². The first-order valence-electron chi connectivity index (χ1n) is 14.8. The van der Waals surface area contributed by atoms with Crippen molar-refractivity contribution in [2.24, 2.45) is 5.92 Å². The molecule has 0 saturated carbocycles. The summed E-state index contributed by atoms with van der Waals surface area (Å²) >= 11 is 0. The van der Waals surface area contributed by atoms with Crippen LogP contribution in [-0.4, -0.2) is 53.8 Å². The van der Waals surface area contributed by atoms with Crippen LogP contribution in [0.15, 0.2) is 73.0 Å². The molecule has 2 saturated heterocycles. The summed E-state index contributed by atoms with van der Waals surface area (Å²) in [7, 11) is -4.12. The first-order chi connectivity index (χ1) is 19.2. The molecule has 0 bridgehead atoms. The van der Waals surface area contributed by atoms with Crippen LogP contribution in [-0.2, 0) is 34.4 Å². The van der Waals surface area contributed by atoms with Gasteiger partial charge < -0.3 is 27.8 Å². The Kier molecular flexibility index (Phi) is 10.1. The maximum absolute atomic E-state index is 7.19. The summed E-state index contributed by atoms with van der Waals surface area (Å²) in [6.45, 7) is 25.3. The molecule has 0 radical (unpaired) electrons. The van der Waals surface area contributed by atoms with Crippen molar-refractivity contribution in [1.29, 1.82) is 0 Å². The summed E-state index contributed by atoms with van der Waals surface area (Å²) < 4.78 is 40.0. The van der Waals surface area contributed by atoms with E-state index in [2.05, 4.69) is 79.1 Å². The van der Waals surface area contributed by atoms with Gasteiger partial charge in [0.2, 0.25) is 8.32 Å². The van der Waals surface area contributed by atoms with Crippen molar-refractivity contribution >= 4 is 16.6 Å². The third kappa shape index (κ3) is 7.99. The zero-order chi connectivity index (χ0) is 30.0. The number of rotatable bonds is 10. The maximum Gasteiger partial charge on any atom is 0.241 e.